The maximum Gasteiger partial charge on any atom is 0.433 e. The minimum Gasteiger partial charge on any atom is -0.342 e. The van der Waals surface area contributed by atoms with Crippen molar-refractivity contribution in [2.24, 2.45) is 0 Å². The zero-order chi connectivity index (χ0) is 22.2. The van der Waals surface area contributed by atoms with Gasteiger partial charge >= 0.3 is 6.18 Å². The van der Waals surface area contributed by atoms with E-state index >= 15 is 0 Å². The van der Waals surface area contributed by atoms with Crippen LogP contribution in [0.3, 0.4) is 0 Å². The number of fused-ring (bicyclic) bond motifs is 1. The highest BCUT2D eigenvalue weighted by Gasteiger charge is 2.36. The minimum absolute atomic E-state index is 0.0297. The summed E-state index contributed by atoms with van der Waals surface area (Å²) < 4.78 is 41.6. The Kier molecular flexibility index (Phi) is 5.73. The number of aryl methyl sites for hydroxylation is 1. The van der Waals surface area contributed by atoms with Gasteiger partial charge in [0.05, 0.1) is 11.6 Å². The Bertz CT molecular complexity index is 1080. The third-order valence-electron chi connectivity index (χ3n) is 5.97. The number of amides is 1. The third-order valence-corrected chi connectivity index (χ3v) is 5.97. The highest BCUT2D eigenvalue weighted by atomic mass is 19.4. The van der Waals surface area contributed by atoms with Gasteiger partial charge in [0, 0.05) is 30.8 Å². The first-order chi connectivity index (χ1) is 14.8. The Morgan fingerprint density at radius 2 is 1.97 bits per heavy atom. The molecule has 2 aromatic heterocycles. The van der Waals surface area contributed by atoms with Crippen LogP contribution in [0.2, 0.25) is 0 Å². The molecule has 4 rings (SSSR count). The van der Waals surface area contributed by atoms with Crippen LogP contribution in [0.15, 0.2) is 42.5 Å². The molecule has 0 unspecified atom stereocenters. The summed E-state index contributed by atoms with van der Waals surface area (Å²) in [6, 6.07) is 12.3. The monoisotopic (exact) mass is 430 g/mol. The molecule has 0 saturated carbocycles. The van der Waals surface area contributed by atoms with Crippen molar-refractivity contribution in [3.8, 4) is 0 Å². The summed E-state index contributed by atoms with van der Waals surface area (Å²) in [6.07, 6.45) is -2.56. The van der Waals surface area contributed by atoms with Gasteiger partial charge in [0.2, 0.25) is 5.91 Å². The second kappa shape index (κ2) is 8.32. The van der Waals surface area contributed by atoms with Crippen LogP contribution in [0.1, 0.15) is 61.2 Å². The predicted octanol–water partition coefficient (Wildman–Crippen LogP) is 4.82. The lowest BCUT2D eigenvalue weighted by atomic mass is 9.92. The van der Waals surface area contributed by atoms with E-state index in [1.807, 2.05) is 42.2 Å². The lowest BCUT2D eigenvalue weighted by molar-refractivity contribution is -0.142. The number of aromatic nitrogens is 3. The number of piperidine rings is 1. The summed E-state index contributed by atoms with van der Waals surface area (Å²) in [6.45, 7) is 4.75. The maximum absolute atomic E-state index is 13.6. The lowest BCUT2D eigenvalue weighted by Gasteiger charge is -2.33. The molecular weight excluding hydrogens is 405 g/mol. The van der Waals surface area contributed by atoms with E-state index in [9.17, 15) is 18.0 Å². The number of carbonyl (C=O) groups is 1. The van der Waals surface area contributed by atoms with Gasteiger partial charge in [-0.05, 0) is 37.8 Å². The van der Waals surface area contributed by atoms with E-state index in [1.165, 1.54) is 0 Å². The van der Waals surface area contributed by atoms with Crippen LogP contribution in [0.4, 0.5) is 13.2 Å². The molecule has 1 aliphatic rings. The Hall–Kier alpha value is -2.90. The summed E-state index contributed by atoms with van der Waals surface area (Å²) in [5.41, 5.74) is 1.26. The van der Waals surface area contributed by atoms with Gasteiger partial charge in [0.15, 0.2) is 5.65 Å². The smallest absolute Gasteiger partial charge is 0.342 e. The molecule has 3 aromatic rings. The molecule has 1 amide bonds. The fraction of sp³-hybridized carbons (Fsp3) is 0.435. The van der Waals surface area contributed by atoms with Crippen molar-refractivity contribution in [1.82, 2.24) is 19.5 Å². The van der Waals surface area contributed by atoms with Crippen LogP contribution in [-0.4, -0.2) is 38.5 Å². The Balaban J connectivity index is 1.60. The Morgan fingerprint density at radius 1 is 1.23 bits per heavy atom. The number of nitrogens with zero attached hydrogens (tertiary/aromatic N) is 4. The minimum atomic E-state index is -4.52. The molecule has 1 fully saturated rings. The van der Waals surface area contributed by atoms with Gasteiger partial charge in [-0.3, -0.25) is 4.79 Å². The number of hydrogen-bond acceptors (Lipinski definition) is 3. The molecule has 3 heterocycles. The second-order valence-electron chi connectivity index (χ2n) is 8.08. The molecule has 0 bridgehead atoms. The lowest BCUT2D eigenvalue weighted by Crippen LogP contribution is -2.41. The van der Waals surface area contributed by atoms with Gasteiger partial charge in [0.1, 0.15) is 5.69 Å². The first-order valence-corrected chi connectivity index (χ1v) is 10.6. The molecule has 0 spiro atoms. The first-order valence-electron chi connectivity index (χ1n) is 10.6. The van der Waals surface area contributed by atoms with E-state index in [2.05, 4.69) is 10.1 Å². The zero-order valence-electron chi connectivity index (χ0n) is 17.6. The summed E-state index contributed by atoms with van der Waals surface area (Å²) in [7, 11) is 0. The van der Waals surface area contributed by atoms with Gasteiger partial charge in [-0.25, -0.2) is 9.50 Å². The van der Waals surface area contributed by atoms with Crippen LogP contribution in [0.5, 0.6) is 0 Å². The Labute approximate surface area is 178 Å². The molecule has 1 aliphatic heterocycles. The second-order valence-corrected chi connectivity index (χ2v) is 8.08. The van der Waals surface area contributed by atoms with Gasteiger partial charge < -0.3 is 4.90 Å². The largest absolute Gasteiger partial charge is 0.433 e. The van der Waals surface area contributed by atoms with E-state index in [1.54, 1.807) is 13.0 Å². The van der Waals surface area contributed by atoms with Crippen LogP contribution in [-0.2, 0) is 17.4 Å². The fourth-order valence-corrected chi connectivity index (χ4v) is 4.20. The van der Waals surface area contributed by atoms with E-state index in [4.69, 9.17) is 0 Å². The van der Waals surface area contributed by atoms with Gasteiger partial charge in [-0.2, -0.15) is 18.3 Å². The number of benzene rings is 1. The fourth-order valence-electron chi connectivity index (χ4n) is 4.20. The number of halogens is 3. The van der Waals surface area contributed by atoms with Crippen LogP contribution in [0, 0.1) is 0 Å². The first kappa shape index (κ1) is 21.3. The highest BCUT2D eigenvalue weighted by Crippen LogP contribution is 2.33. The number of hydrogen-bond donors (Lipinski definition) is 0. The van der Waals surface area contributed by atoms with Crippen molar-refractivity contribution in [1.29, 1.82) is 0 Å². The molecule has 2 atom stereocenters. The number of alkyl halides is 3. The van der Waals surface area contributed by atoms with E-state index in [0.29, 0.717) is 30.9 Å². The summed E-state index contributed by atoms with van der Waals surface area (Å²) in [5, 5.41) is 4.27. The number of carbonyl (C=O) groups excluding carboxylic acids is 1. The third kappa shape index (κ3) is 4.29. The molecule has 8 heteroatoms. The molecule has 31 heavy (non-hydrogen) atoms. The molecule has 5 nitrogen and oxygen atoms in total. The standard InChI is InChI=1S/C23H25F3N4O/c1-3-18-12-20(23(24,25)26)30-21(27-18)13-19(28-30)17-10-7-11-29(14-17)22(31)15(2)16-8-5-4-6-9-16/h4-6,8-9,12-13,15,17H,3,7,10-11,14H2,1-2H3/t15-,17+/m0/s1. The molecule has 1 aromatic carbocycles. The molecule has 0 radical (unpaired) electrons. The van der Waals surface area contributed by atoms with E-state index in [-0.39, 0.29) is 23.4 Å². The predicted molar refractivity (Wildman–Crippen MR) is 111 cm³/mol. The maximum atomic E-state index is 13.6. The normalized spacial score (nSPS) is 18.4. The van der Waals surface area contributed by atoms with Crippen LogP contribution < -0.4 is 0 Å². The van der Waals surface area contributed by atoms with Crippen LogP contribution in [0.25, 0.3) is 5.65 Å². The molecule has 0 N–H and O–H groups in total. The van der Waals surface area contributed by atoms with Crippen molar-refractivity contribution >= 4 is 11.6 Å². The quantitative estimate of drug-likeness (QED) is 0.596. The van der Waals surface area contributed by atoms with Gasteiger partial charge in [0.25, 0.3) is 0 Å². The van der Waals surface area contributed by atoms with Crippen molar-refractivity contribution in [2.75, 3.05) is 13.1 Å². The van der Waals surface area contributed by atoms with Gasteiger partial charge in [-0.15, -0.1) is 0 Å². The summed E-state index contributed by atoms with van der Waals surface area (Å²) in [4.78, 5) is 19.2. The molecule has 164 valence electrons. The average molecular weight is 430 g/mol. The number of rotatable bonds is 4. The summed E-state index contributed by atoms with van der Waals surface area (Å²) >= 11 is 0. The topological polar surface area (TPSA) is 50.5 Å². The van der Waals surface area contributed by atoms with Gasteiger partial charge in [-0.1, -0.05) is 37.3 Å². The highest BCUT2D eigenvalue weighted by molar-refractivity contribution is 5.83. The van der Waals surface area contributed by atoms with Crippen LogP contribution >= 0.6 is 0 Å². The van der Waals surface area contributed by atoms with Crippen molar-refractivity contribution in [3.63, 3.8) is 0 Å². The number of likely N-dealkylation sites (tertiary alicyclic amines) is 1. The Morgan fingerprint density at radius 3 is 2.65 bits per heavy atom. The molecule has 1 saturated heterocycles. The van der Waals surface area contributed by atoms with Crippen molar-refractivity contribution in [3.05, 3.63) is 65.1 Å². The van der Waals surface area contributed by atoms with Crippen molar-refractivity contribution in [2.45, 2.75) is 51.1 Å². The molecule has 0 aliphatic carbocycles. The van der Waals surface area contributed by atoms with E-state index < -0.39 is 11.9 Å². The SMILES string of the molecule is CCc1cc(C(F)(F)F)n2nc([C@@H]3CCCN(C(=O)[C@@H](C)c4ccccc4)C3)cc2n1. The summed E-state index contributed by atoms with van der Waals surface area (Å²) in [5.74, 6) is -0.359. The zero-order valence-corrected chi connectivity index (χ0v) is 17.6. The molecular formula is C23H25F3N4O. The van der Waals surface area contributed by atoms with E-state index in [0.717, 1.165) is 29.0 Å². The van der Waals surface area contributed by atoms with Crippen molar-refractivity contribution < 1.29 is 18.0 Å². The average Bonchev–Trinajstić information content (AvgIpc) is 3.21.